The number of likely N-dealkylation sites (N-methyl/N-ethyl adjacent to an activating group) is 1. The van der Waals surface area contributed by atoms with Crippen LogP contribution in [-0.2, 0) is 4.79 Å². The minimum atomic E-state index is 0.206. The Morgan fingerprint density at radius 2 is 1.75 bits per heavy atom. The maximum Gasteiger partial charge on any atom is 0.234 e. The number of carbonyl (C=O) groups is 1. The summed E-state index contributed by atoms with van der Waals surface area (Å²) in [5.41, 5.74) is 0. The minimum absolute atomic E-state index is 0.206. The zero-order chi connectivity index (χ0) is 12.0. The molecule has 4 heteroatoms. The fourth-order valence-corrected chi connectivity index (χ4v) is 1.71. The zero-order valence-corrected chi connectivity index (χ0v) is 10.8. The summed E-state index contributed by atoms with van der Waals surface area (Å²) in [5, 5.41) is 3.02. The van der Waals surface area contributed by atoms with Gasteiger partial charge < -0.3 is 10.2 Å². The Bertz CT molecular complexity index is 208. The van der Waals surface area contributed by atoms with Gasteiger partial charge in [0.05, 0.1) is 6.54 Å². The van der Waals surface area contributed by atoms with E-state index in [4.69, 9.17) is 0 Å². The molecule has 94 valence electrons. The van der Waals surface area contributed by atoms with Gasteiger partial charge >= 0.3 is 0 Å². The number of piperazine rings is 1. The summed E-state index contributed by atoms with van der Waals surface area (Å²) >= 11 is 0. The molecule has 1 aliphatic heterocycles. The van der Waals surface area contributed by atoms with E-state index in [1.807, 2.05) is 13.8 Å². The van der Waals surface area contributed by atoms with Gasteiger partial charge in [-0.15, -0.1) is 0 Å². The van der Waals surface area contributed by atoms with Crippen LogP contribution in [0.15, 0.2) is 0 Å². The number of nitrogens with zero attached hydrogens (tertiary/aromatic N) is 2. The van der Waals surface area contributed by atoms with Crippen LogP contribution in [0.2, 0.25) is 0 Å². The summed E-state index contributed by atoms with van der Waals surface area (Å²) in [6.07, 6.45) is 2.35. The molecule has 4 nitrogen and oxygen atoms in total. The molecule has 1 saturated carbocycles. The molecule has 0 aromatic heterocycles. The van der Waals surface area contributed by atoms with Crippen LogP contribution in [-0.4, -0.2) is 61.5 Å². The monoisotopic (exact) mass is 227 g/mol. The topological polar surface area (TPSA) is 35.6 Å². The van der Waals surface area contributed by atoms with E-state index in [1.165, 1.54) is 12.8 Å². The number of nitrogens with one attached hydrogen (secondary N) is 1. The van der Waals surface area contributed by atoms with Crippen LogP contribution in [0.1, 0.15) is 26.7 Å². The molecule has 0 spiro atoms. The second kappa shape index (κ2) is 6.86. The van der Waals surface area contributed by atoms with E-state index in [1.54, 1.807) is 0 Å². The highest BCUT2D eigenvalue weighted by molar-refractivity contribution is 5.78. The van der Waals surface area contributed by atoms with Gasteiger partial charge in [-0.3, -0.25) is 9.69 Å². The normalized spacial score (nSPS) is 22.2. The maximum absolute atomic E-state index is 11.5. The molecule has 0 unspecified atom stereocenters. The summed E-state index contributed by atoms with van der Waals surface area (Å²) in [6.45, 7) is 8.79. The molecule has 1 amide bonds. The van der Waals surface area contributed by atoms with Gasteiger partial charge in [0.1, 0.15) is 0 Å². The molecule has 1 N–H and O–H groups in total. The summed E-state index contributed by atoms with van der Waals surface area (Å²) in [7, 11) is 2.13. The Labute approximate surface area is 99.0 Å². The molecule has 2 rings (SSSR count). The third-order valence-electron chi connectivity index (χ3n) is 2.91. The van der Waals surface area contributed by atoms with E-state index in [0.717, 1.165) is 26.2 Å². The number of hydrogen-bond donors (Lipinski definition) is 1. The number of rotatable bonds is 3. The molecular weight excluding hydrogens is 202 g/mol. The summed E-state index contributed by atoms with van der Waals surface area (Å²) in [5.74, 6) is 0.206. The standard InChI is InChI=1S/C10H19N3O.C2H6/c1-12-4-6-13(7-5-12)8-10(14)11-9-2-3-9;1-2/h9H,2-8H2,1H3,(H,11,14);1-2H3. The lowest BCUT2D eigenvalue weighted by atomic mass is 10.3. The fourth-order valence-electron chi connectivity index (χ4n) is 1.71. The summed E-state index contributed by atoms with van der Waals surface area (Å²) < 4.78 is 0. The first-order chi connectivity index (χ1) is 7.74. The van der Waals surface area contributed by atoms with Crippen LogP contribution < -0.4 is 5.32 Å². The highest BCUT2D eigenvalue weighted by Gasteiger charge is 2.24. The SMILES string of the molecule is CC.CN1CCN(CC(=O)NC2CC2)CC1. The van der Waals surface area contributed by atoms with Crippen LogP contribution in [0, 0.1) is 0 Å². The predicted molar refractivity (Wildman–Crippen MR) is 66.4 cm³/mol. The lowest BCUT2D eigenvalue weighted by Gasteiger charge is -2.31. The van der Waals surface area contributed by atoms with E-state index >= 15 is 0 Å². The van der Waals surface area contributed by atoms with Crippen LogP contribution in [0.5, 0.6) is 0 Å². The second-order valence-corrected chi connectivity index (χ2v) is 4.42. The smallest absolute Gasteiger partial charge is 0.234 e. The first kappa shape index (κ1) is 13.5. The Kier molecular flexibility index (Phi) is 5.77. The Hall–Kier alpha value is -0.610. The molecule has 0 aromatic carbocycles. The molecule has 1 aliphatic carbocycles. The van der Waals surface area contributed by atoms with Gasteiger partial charge in [-0.25, -0.2) is 0 Å². The Morgan fingerprint density at radius 3 is 2.25 bits per heavy atom. The molecule has 1 saturated heterocycles. The van der Waals surface area contributed by atoms with Crippen molar-refractivity contribution in [2.75, 3.05) is 39.8 Å². The van der Waals surface area contributed by atoms with Gasteiger partial charge in [-0.05, 0) is 19.9 Å². The first-order valence-electron chi connectivity index (χ1n) is 6.44. The molecule has 0 radical (unpaired) electrons. The molecular formula is C12H25N3O. The van der Waals surface area contributed by atoms with E-state index in [-0.39, 0.29) is 5.91 Å². The van der Waals surface area contributed by atoms with Gasteiger partial charge in [0.2, 0.25) is 5.91 Å². The van der Waals surface area contributed by atoms with E-state index in [2.05, 4.69) is 22.2 Å². The molecule has 2 aliphatic rings. The maximum atomic E-state index is 11.5. The molecule has 2 fully saturated rings. The van der Waals surface area contributed by atoms with Gasteiger partial charge in [-0.2, -0.15) is 0 Å². The molecule has 0 atom stereocenters. The average molecular weight is 227 g/mol. The van der Waals surface area contributed by atoms with Crippen LogP contribution >= 0.6 is 0 Å². The van der Waals surface area contributed by atoms with E-state index in [9.17, 15) is 4.79 Å². The summed E-state index contributed by atoms with van der Waals surface area (Å²) in [4.78, 5) is 16.0. The van der Waals surface area contributed by atoms with Gasteiger partial charge in [0, 0.05) is 32.2 Å². The lowest BCUT2D eigenvalue weighted by molar-refractivity contribution is -0.122. The van der Waals surface area contributed by atoms with Crippen molar-refractivity contribution in [1.82, 2.24) is 15.1 Å². The van der Waals surface area contributed by atoms with Crippen molar-refractivity contribution >= 4 is 5.91 Å². The highest BCUT2D eigenvalue weighted by Crippen LogP contribution is 2.18. The highest BCUT2D eigenvalue weighted by atomic mass is 16.2. The van der Waals surface area contributed by atoms with Crippen molar-refractivity contribution in [3.05, 3.63) is 0 Å². The quantitative estimate of drug-likeness (QED) is 0.764. The Balaban J connectivity index is 0.000000606. The van der Waals surface area contributed by atoms with E-state index in [0.29, 0.717) is 12.6 Å². The largest absolute Gasteiger partial charge is 0.352 e. The van der Waals surface area contributed by atoms with Crippen molar-refractivity contribution in [3.63, 3.8) is 0 Å². The molecule has 0 aromatic rings. The van der Waals surface area contributed by atoms with E-state index < -0.39 is 0 Å². The molecule has 1 heterocycles. The van der Waals surface area contributed by atoms with Gasteiger partial charge in [0.15, 0.2) is 0 Å². The molecule has 16 heavy (non-hydrogen) atoms. The van der Waals surface area contributed by atoms with Crippen LogP contribution in [0.3, 0.4) is 0 Å². The van der Waals surface area contributed by atoms with Gasteiger partial charge in [-0.1, -0.05) is 13.8 Å². The number of carbonyl (C=O) groups excluding carboxylic acids is 1. The second-order valence-electron chi connectivity index (χ2n) is 4.42. The van der Waals surface area contributed by atoms with Crippen molar-refractivity contribution in [3.8, 4) is 0 Å². The third-order valence-corrected chi connectivity index (χ3v) is 2.91. The predicted octanol–water partition coefficient (Wildman–Crippen LogP) is 0.539. The van der Waals surface area contributed by atoms with Crippen molar-refractivity contribution in [2.45, 2.75) is 32.7 Å². The lowest BCUT2D eigenvalue weighted by Crippen LogP contribution is -2.48. The number of hydrogen-bond acceptors (Lipinski definition) is 3. The summed E-state index contributed by atoms with van der Waals surface area (Å²) in [6, 6.07) is 0.495. The minimum Gasteiger partial charge on any atom is -0.352 e. The van der Waals surface area contributed by atoms with Gasteiger partial charge in [0.25, 0.3) is 0 Å². The molecule has 0 bridgehead atoms. The Morgan fingerprint density at radius 1 is 1.19 bits per heavy atom. The number of amides is 1. The first-order valence-corrected chi connectivity index (χ1v) is 6.44. The van der Waals surface area contributed by atoms with Crippen LogP contribution in [0.4, 0.5) is 0 Å². The average Bonchev–Trinajstić information content (AvgIpc) is 3.08. The van der Waals surface area contributed by atoms with Crippen molar-refractivity contribution in [1.29, 1.82) is 0 Å². The van der Waals surface area contributed by atoms with Crippen molar-refractivity contribution < 1.29 is 4.79 Å². The fraction of sp³-hybridized carbons (Fsp3) is 0.917. The third kappa shape index (κ3) is 4.94. The van der Waals surface area contributed by atoms with Crippen molar-refractivity contribution in [2.24, 2.45) is 0 Å². The van der Waals surface area contributed by atoms with Crippen LogP contribution in [0.25, 0.3) is 0 Å². The zero-order valence-electron chi connectivity index (χ0n) is 10.8.